The van der Waals surface area contributed by atoms with Gasteiger partial charge < -0.3 is 5.73 Å². The largest absolute Gasteiger partial charge is 0.326 e. The van der Waals surface area contributed by atoms with Gasteiger partial charge in [0, 0.05) is 18.6 Å². The number of hydrogen-bond donors (Lipinski definition) is 1. The minimum absolute atomic E-state index is 0.429. The number of hydrogen-bond acceptors (Lipinski definition) is 2. The normalized spacial score (nSPS) is 44.8. The van der Waals surface area contributed by atoms with Crippen molar-refractivity contribution in [2.75, 3.05) is 13.1 Å². The molecule has 1 saturated heterocycles. The van der Waals surface area contributed by atoms with Gasteiger partial charge in [0.1, 0.15) is 0 Å². The van der Waals surface area contributed by atoms with Crippen molar-refractivity contribution >= 4 is 0 Å². The second-order valence-corrected chi connectivity index (χ2v) is 6.56. The minimum Gasteiger partial charge on any atom is -0.326 e. The maximum absolute atomic E-state index is 6.37. The lowest BCUT2D eigenvalue weighted by Crippen LogP contribution is -2.54. The van der Waals surface area contributed by atoms with Crippen LogP contribution in [-0.2, 0) is 0 Å². The summed E-state index contributed by atoms with van der Waals surface area (Å²) in [5.74, 6) is 2.67. The van der Waals surface area contributed by atoms with E-state index in [-0.39, 0.29) is 0 Å². The van der Waals surface area contributed by atoms with Crippen LogP contribution < -0.4 is 5.73 Å². The first kappa shape index (κ1) is 13.4. The van der Waals surface area contributed by atoms with Crippen molar-refractivity contribution in [3.8, 4) is 0 Å². The van der Waals surface area contributed by atoms with Gasteiger partial charge in [0.2, 0.25) is 0 Å². The summed E-state index contributed by atoms with van der Waals surface area (Å²) in [5.41, 5.74) is 6.37. The predicted molar refractivity (Wildman–Crippen MR) is 73.9 cm³/mol. The summed E-state index contributed by atoms with van der Waals surface area (Å²) in [7, 11) is 0. The van der Waals surface area contributed by atoms with Crippen LogP contribution in [-0.4, -0.2) is 30.1 Å². The maximum atomic E-state index is 6.37. The smallest absolute Gasteiger partial charge is 0.0249 e. The summed E-state index contributed by atoms with van der Waals surface area (Å²) in [6.45, 7) is 9.69. The van der Waals surface area contributed by atoms with Gasteiger partial charge in [0.25, 0.3) is 0 Å². The van der Waals surface area contributed by atoms with Crippen LogP contribution in [0.3, 0.4) is 0 Å². The summed E-state index contributed by atoms with van der Waals surface area (Å²) in [4.78, 5) is 2.71. The average molecular weight is 238 g/mol. The van der Waals surface area contributed by atoms with E-state index in [2.05, 4.69) is 25.7 Å². The molecule has 2 fully saturated rings. The molecular formula is C15H30N2. The second kappa shape index (κ2) is 5.71. The van der Waals surface area contributed by atoms with E-state index in [0.717, 1.165) is 17.8 Å². The molecular weight excluding hydrogens is 208 g/mol. The van der Waals surface area contributed by atoms with Gasteiger partial charge in [-0.05, 0) is 50.0 Å². The Kier molecular flexibility index (Phi) is 4.48. The zero-order valence-electron chi connectivity index (χ0n) is 11.9. The highest BCUT2D eigenvalue weighted by atomic mass is 15.2. The molecule has 1 aliphatic carbocycles. The first-order chi connectivity index (χ1) is 8.11. The lowest BCUT2D eigenvalue weighted by Gasteiger charge is -2.45. The summed E-state index contributed by atoms with van der Waals surface area (Å²) in [6, 6.07) is 1.10. The summed E-state index contributed by atoms with van der Waals surface area (Å²) < 4.78 is 0. The molecule has 2 aliphatic rings. The summed E-state index contributed by atoms with van der Waals surface area (Å²) >= 11 is 0. The molecule has 1 saturated carbocycles. The lowest BCUT2D eigenvalue weighted by atomic mass is 9.79. The van der Waals surface area contributed by atoms with E-state index in [4.69, 9.17) is 5.73 Å². The molecule has 0 aromatic rings. The van der Waals surface area contributed by atoms with Crippen LogP contribution in [0.4, 0.5) is 0 Å². The van der Waals surface area contributed by atoms with Gasteiger partial charge in [-0.1, -0.05) is 27.2 Å². The highest BCUT2D eigenvalue weighted by Gasteiger charge is 2.34. The molecule has 2 N–H and O–H groups in total. The molecule has 2 heteroatoms. The molecule has 5 unspecified atom stereocenters. The Bertz CT molecular complexity index is 241. The number of nitrogens with zero attached hydrogens (tertiary/aromatic N) is 1. The molecule has 100 valence electrons. The van der Waals surface area contributed by atoms with Crippen molar-refractivity contribution < 1.29 is 0 Å². The quantitative estimate of drug-likeness (QED) is 0.801. The molecule has 17 heavy (non-hydrogen) atoms. The fourth-order valence-corrected chi connectivity index (χ4v) is 3.64. The van der Waals surface area contributed by atoms with Crippen LogP contribution in [0.25, 0.3) is 0 Å². The van der Waals surface area contributed by atoms with Gasteiger partial charge >= 0.3 is 0 Å². The van der Waals surface area contributed by atoms with Gasteiger partial charge in [-0.25, -0.2) is 0 Å². The third-order valence-corrected chi connectivity index (χ3v) is 5.39. The van der Waals surface area contributed by atoms with E-state index < -0.39 is 0 Å². The van der Waals surface area contributed by atoms with E-state index in [0.29, 0.717) is 12.1 Å². The van der Waals surface area contributed by atoms with E-state index in [9.17, 15) is 0 Å². The summed E-state index contributed by atoms with van der Waals surface area (Å²) in [6.07, 6.45) is 6.64. The molecule has 0 radical (unpaired) electrons. The van der Waals surface area contributed by atoms with Crippen molar-refractivity contribution in [2.24, 2.45) is 23.5 Å². The van der Waals surface area contributed by atoms with E-state index in [1.54, 1.807) is 0 Å². The monoisotopic (exact) mass is 238 g/mol. The van der Waals surface area contributed by atoms with Crippen LogP contribution >= 0.6 is 0 Å². The van der Waals surface area contributed by atoms with Gasteiger partial charge in [-0.2, -0.15) is 0 Å². The fraction of sp³-hybridized carbons (Fsp3) is 1.00. The Balaban J connectivity index is 1.95. The molecule has 5 atom stereocenters. The molecule has 2 nitrogen and oxygen atoms in total. The van der Waals surface area contributed by atoms with Crippen molar-refractivity contribution in [2.45, 2.75) is 65.0 Å². The molecule has 1 aliphatic heterocycles. The second-order valence-electron chi connectivity index (χ2n) is 6.56. The molecule has 2 rings (SSSR count). The Hall–Kier alpha value is -0.0800. The SMILES string of the molecule is CCC1CCC(N)C(N2CCC(C)C(C)C2)C1. The third kappa shape index (κ3) is 3.03. The topological polar surface area (TPSA) is 29.3 Å². The predicted octanol–water partition coefficient (Wildman–Crippen LogP) is 2.87. The van der Waals surface area contributed by atoms with Gasteiger partial charge in [0.05, 0.1) is 0 Å². The number of piperidine rings is 1. The van der Waals surface area contributed by atoms with Crippen LogP contribution in [0.1, 0.15) is 52.9 Å². The Labute approximate surface area is 107 Å². The Morgan fingerprint density at radius 3 is 2.53 bits per heavy atom. The standard InChI is InChI=1S/C15H30N2/c1-4-13-5-6-14(16)15(9-13)17-8-7-11(2)12(3)10-17/h11-15H,4-10,16H2,1-3H3. The van der Waals surface area contributed by atoms with Gasteiger partial charge in [-0.15, -0.1) is 0 Å². The number of rotatable bonds is 2. The lowest BCUT2D eigenvalue weighted by molar-refractivity contribution is 0.0520. The Morgan fingerprint density at radius 2 is 1.88 bits per heavy atom. The van der Waals surface area contributed by atoms with Crippen LogP contribution in [0.15, 0.2) is 0 Å². The molecule has 0 aromatic heterocycles. The van der Waals surface area contributed by atoms with E-state index >= 15 is 0 Å². The molecule has 0 amide bonds. The van der Waals surface area contributed by atoms with Gasteiger partial charge in [-0.3, -0.25) is 4.90 Å². The number of likely N-dealkylation sites (tertiary alicyclic amines) is 1. The highest BCUT2D eigenvalue weighted by Crippen LogP contribution is 2.32. The van der Waals surface area contributed by atoms with Crippen molar-refractivity contribution in [1.82, 2.24) is 4.90 Å². The maximum Gasteiger partial charge on any atom is 0.0249 e. The van der Waals surface area contributed by atoms with Crippen molar-refractivity contribution in [3.63, 3.8) is 0 Å². The van der Waals surface area contributed by atoms with Crippen molar-refractivity contribution in [1.29, 1.82) is 0 Å². The highest BCUT2D eigenvalue weighted by molar-refractivity contribution is 4.91. The van der Waals surface area contributed by atoms with Crippen molar-refractivity contribution in [3.05, 3.63) is 0 Å². The van der Waals surface area contributed by atoms with E-state index in [1.165, 1.54) is 45.2 Å². The molecule has 0 aromatic carbocycles. The Morgan fingerprint density at radius 1 is 1.12 bits per heavy atom. The average Bonchev–Trinajstić information content (AvgIpc) is 2.33. The van der Waals surface area contributed by atoms with Crippen LogP contribution in [0.2, 0.25) is 0 Å². The molecule has 0 spiro atoms. The molecule has 0 bridgehead atoms. The number of nitrogens with two attached hydrogens (primary N) is 1. The summed E-state index contributed by atoms with van der Waals surface area (Å²) in [5, 5.41) is 0. The van der Waals surface area contributed by atoms with E-state index in [1.807, 2.05) is 0 Å². The fourth-order valence-electron chi connectivity index (χ4n) is 3.64. The first-order valence-electron chi connectivity index (χ1n) is 7.61. The van der Waals surface area contributed by atoms with Crippen LogP contribution in [0.5, 0.6) is 0 Å². The van der Waals surface area contributed by atoms with Crippen LogP contribution in [0, 0.1) is 17.8 Å². The molecule has 1 heterocycles. The third-order valence-electron chi connectivity index (χ3n) is 5.39. The van der Waals surface area contributed by atoms with Gasteiger partial charge in [0.15, 0.2) is 0 Å². The zero-order chi connectivity index (χ0) is 12.4. The minimum atomic E-state index is 0.429. The zero-order valence-corrected chi connectivity index (χ0v) is 11.9. The first-order valence-corrected chi connectivity index (χ1v) is 7.61.